The average Bonchev–Trinajstić information content (AvgIpc) is 3.23. The topological polar surface area (TPSA) is 149 Å². The summed E-state index contributed by atoms with van der Waals surface area (Å²) < 4.78 is 11.2. The smallest absolute Gasteiger partial charge is 0.220 e. The number of amides is 1. The van der Waals surface area contributed by atoms with Gasteiger partial charge in [0.2, 0.25) is 5.91 Å². The lowest BCUT2D eigenvalue weighted by molar-refractivity contribution is -0.302. The first-order valence-corrected chi connectivity index (χ1v) is 24.7. The van der Waals surface area contributed by atoms with Gasteiger partial charge in [-0.05, 0) is 44.9 Å². The Labute approximate surface area is 361 Å². The van der Waals surface area contributed by atoms with E-state index in [1.807, 2.05) is 6.08 Å². The fourth-order valence-corrected chi connectivity index (χ4v) is 7.72. The maximum atomic E-state index is 12.9. The molecule has 0 bridgehead atoms. The molecule has 6 N–H and O–H groups in total. The van der Waals surface area contributed by atoms with Crippen molar-refractivity contribution in [2.45, 2.75) is 262 Å². The number of unbranched alkanes of at least 4 members (excludes halogenated alkanes) is 27. The first-order valence-electron chi connectivity index (χ1n) is 24.7. The normalized spacial score (nSPS) is 21.0. The maximum Gasteiger partial charge on any atom is 0.220 e. The number of hydrogen-bond acceptors (Lipinski definition) is 8. The van der Waals surface area contributed by atoms with E-state index in [1.54, 1.807) is 6.08 Å². The molecule has 1 saturated heterocycles. The van der Waals surface area contributed by atoms with Gasteiger partial charge in [-0.15, -0.1) is 0 Å². The van der Waals surface area contributed by atoms with Gasteiger partial charge in [-0.25, -0.2) is 0 Å². The van der Waals surface area contributed by atoms with Gasteiger partial charge in [-0.2, -0.15) is 0 Å². The molecule has 346 valence electrons. The predicted octanol–water partition coefficient (Wildman–Crippen LogP) is 10.8. The first-order chi connectivity index (χ1) is 28.8. The molecule has 0 aliphatic carbocycles. The second-order valence-corrected chi connectivity index (χ2v) is 17.3. The van der Waals surface area contributed by atoms with Crippen LogP contribution in [-0.2, 0) is 14.3 Å². The van der Waals surface area contributed by atoms with Gasteiger partial charge < -0.3 is 40.3 Å². The van der Waals surface area contributed by atoms with E-state index >= 15 is 0 Å². The molecule has 7 atom stereocenters. The number of allylic oxidation sites excluding steroid dienone is 5. The standard InChI is InChI=1S/C50H93NO8/c1-3-5-7-9-11-13-15-17-18-19-20-21-22-23-24-25-26-28-29-31-33-35-37-39-44(53)43(42-58-50-49(57)48(56)47(55)45(41-52)59-50)51-46(54)40-38-36-34-32-30-27-16-14-12-10-8-6-4-2/h8,10,14,16,37,39,43-45,47-50,52-53,55-57H,3-7,9,11-13,15,17-36,38,40-42H2,1-2H3,(H,51,54)/b10-8-,16-14-,39-37+. The largest absolute Gasteiger partial charge is 0.394 e. The molecule has 1 fully saturated rings. The van der Waals surface area contributed by atoms with E-state index in [2.05, 4.69) is 43.5 Å². The molecule has 1 rings (SSSR count). The minimum atomic E-state index is -1.57. The van der Waals surface area contributed by atoms with Gasteiger partial charge in [0.1, 0.15) is 24.4 Å². The SMILES string of the molecule is CCC/C=C\C/C=C\CCCCCCCC(=O)NC(COC1OC(CO)C(O)C(O)C1O)C(O)/C=C/CCCCCCCCCCCCCCCCCCCCCCC. The van der Waals surface area contributed by atoms with Crippen molar-refractivity contribution in [2.75, 3.05) is 13.2 Å². The van der Waals surface area contributed by atoms with Gasteiger partial charge in [0, 0.05) is 6.42 Å². The van der Waals surface area contributed by atoms with E-state index in [1.165, 1.54) is 128 Å². The van der Waals surface area contributed by atoms with Crippen LogP contribution in [0.25, 0.3) is 0 Å². The monoisotopic (exact) mass is 836 g/mol. The predicted molar refractivity (Wildman–Crippen MR) is 244 cm³/mol. The van der Waals surface area contributed by atoms with Crippen LogP contribution in [0, 0.1) is 0 Å². The third kappa shape index (κ3) is 31.0. The summed E-state index contributed by atoms with van der Waals surface area (Å²) in [5.41, 5.74) is 0. The zero-order valence-electron chi connectivity index (χ0n) is 38.0. The molecule has 9 nitrogen and oxygen atoms in total. The summed E-state index contributed by atoms with van der Waals surface area (Å²) in [4.78, 5) is 12.9. The number of aliphatic hydroxyl groups excluding tert-OH is 5. The molecule has 0 spiro atoms. The summed E-state index contributed by atoms with van der Waals surface area (Å²) in [6, 6.07) is -0.811. The Morgan fingerprint density at radius 2 is 1.03 bits per heavy atom. The van der Waals surface area contributed by atoms with Crippen LogP contribution in [0.3, 0.4) is 0 Å². The minimum absolute atomic E-state index is 0.191. The van der Waals surface area contributed by atoms with Crippen molar-refractivity contribution >= 4 is 5.91 Å². The molecule has 59 heavy (non-hydrogen) atoms. The summed E-state index contributed by atoms with van der Waals surface area (Å²) in [7, 11) is 0. The van der Waals surface area contributed by atoms with Crippen LogP contribution in [0.2, 0.25) is 0 Å². The van der Waals surface area contributed by atoms with Crippen LogP contribution >= 0.6 is 0 Å². The van der Waals surface area contributed by atoms with Gasteiger partial charge in [0.05, 0.1) is 25.4 Å². The molecule has 0 aromatic carbocycles. The highest BCUT2D eigenvalue weighted by atomic mass is 16.7. The summed E-state index contributed by atoms with van der Waals surface area (Å²) in [6.07, 6.45) is 43.4. The van der Waals surface area contributed by atoms with Crippen LogP contribution in [-0.4, -0.2) is 87.5 Å². The molecule has 1 aliphatic heterocycles. The zero-order chi connectivity index (χ0) is 43.0. The van der Waals surface area contributed by atoms with Crippen molar-refractivity contribution in [3.05, 3.63) is 36.5 Å². The third-order valence-electron chi connectivity index (χ3n) is 11.7. The fourth-order valence-electron chi connectivity index (χ4n) is 7.72. The van der Waals surface area contributed by atoms with Crippen LogP contribution in [0.5, 0.6) is 0 Å². The molecule has 9 heteroatoms. The number of carbonyl (C=O) groups is 1. The molecule has 0 aromatic heterocycles. The fraction of sp³-hybridized carbons (Fsp3) is 0.860. The maximum absolute atomic E-state index is 12.9. The minimum Gasteiger partial charge on any atom is -0.394 e. The Hall–Kier alpha value is -1.59. The second-order valence-electron chi connectivity index (χ2n) is 17.3. The van der Waals surface area contributed by atoms with Crippen molar-refractivity contribution in [2.24, 2.45) is 0 Å². The molecule has 1 heterocycles. The molecular weight excluding hydrogens is 743 g/mol. The highest BCUT2D eigenvalue weighted by Gasteiger charge is 2.44. The number of aliphatic hydroxyl groups is 5. The lowest BCUT2D eigenvalue weighted by Crippen LogP contribution is -2.60. The number of hydrogen-bond donors (Lipinski definition) is 6. The Bertz CT molecular complexity index is 1020. The van der Waals surface area contributed by atoms with Crippen molar-refractivity contribution in [3.8, 4) is 0 Å². The van der Waals surface area contributed by atoms with E-state index in [4.69, 9.17) is 9.47 Å². The van der Waals surface area contributed by atoms with Gasteiger partial charge in [0.15, 0.2) is 6.29 Å². The number of ether oxygens (including phenoxy) is 2. The highest BCUT2D eigenvalue weighted by Crippen LogP contribution is 2.23. The summed E-state index contributed by atoms with van der Waals surface area (Å²) in [5.74, 6) is -0.191. The van der Waals surface area contributed by atoms with Gasteiger partial charge in [-0.3, -0.25) is 4.79 Å². The number of carbonyl (C=O) groups excluding carboxylic acids is 1. The molecule has 1 amide bonds. The molecule has 0 aromatic rings. The van der Waals surface area contributed by atoms with Crippen LogP contribution in [0.1, 0.15) is 219 Å². The Morgan fingerprint density at radius 1 is 0.576 bits per heavy atom. The quantitative estimate of drug-likeness (QED) is 0.0263. The van der Waals surface area contributed by atoms with E-state index in [0.29, 0.717) is 6.42 Å². The highest BCUT2D eigenvalue weighted by molar-refractivity contribution is 5.76. The Morgan fingerprint density at radius 3 is 1.53 bits per heavy atom. The van der Waals surface area contributed by atoms with Crippen LogP contribution in [0.15, 0.2) is 36.5 Å². The van der Waals surface area contributed by atoms with Crippen molar-refractivity contribution < 1.29 is 39.8 Å². The van der Waals surface area contributed by atoms with Gasteiger partial charge >= 0.3 is 0 Å². The summed E-state index contributed by atoms with van der Waals surface area (Å²) in [5, 5.41) is 54.2. The van der Waals surface area contributed by atoms with Crippen molar-refractivity contribution in [3.63, 3.8) is 0 Å². The lowest BCUT2D eigenvalue weighted by Gasteiger charge is -2.40. The zero-order valence-corrected chi connectivity index (χ0v) is 38.0. The molecule has 0 radical (unpaired) electrons. The van der Waals surface area contributed by atoms with Gasteiger partial charge in [0.25, 0.3) is 0 Å². The van der Waals surface area contributed by atoms with E-state index in [0.717, 1.165) is 70.6 Å². The lowest BCUT2D eigenvalue weighted by atomic mass is 9.99. The third-order valence-corrected chi connectivity index (χ3v) is 11.7. The van der Waals surface area contributed by atoms with Crippen molar-refractivity contribution in [1.82, 2.24) is 5.32 Å². The Balaban J connectivity index is 2.29. The van der Waals surface area contributed by atoms with Gasteiger partial charge in [-0.1, -0.05) is 204 Å². The van der Waals surface area contributed by atoms with E-state index in [-0.39, 0.29) is 12.5 Å². The second kappa shape index (κ2) is 40.5. The molecule has 7 unspecified atom stereocenters. The molecule has 0 saturated carbocycles. The number of nitrogens with one attached hydrogen (secondary N) is 1. The van der Waals surface area contributed by atoms with Crippen molar-refractivity contribution in [1.29, 1.82) is 0 Å². The summed E-state index contributed by atoms with van der Waals surface area (Å²) in [6.45, 7) is 3.71. The Kier molecular flexibility index (Phi) is 38.0. The van der Waals surface area contributed by atoms with E-state index in [9.17, 15) is 30.3 Å². The average molecular weight is 836 g/mol. The number of rotatable bonds is 41. The first kappa shape index (κ1) is 55.4. The van der Waals surface area contributed by atoms with Crippen LogP contribution in [0.4, 0.5) is 0 Å². The molecular formula is C50H93NO8. The van der Waals surface area contributed by atoms with E-state index < -0.39 is 49.5 Å². The summed E-state index contributed by atoms with van der Waals surface area (Å²) >= 11 is 0. The van der Waals surface area contributed by atoms with Crippen LogP contribution < -0.4 is 5.32 Å². The molecule has 1 aliphatic rings.